The van der Waals surface area contributed by atoms with Crippen molar-refractivity contribution in [3.05, 3.63) is 88.4 Å². The number of benzene rings is 3. The molecule has 0 fully saturated rings. The molecule has 1 N–H and O–H groups in total. The molecule has 0 aromatic heterocycles. The number of nitrogens with one attached hydrogen (secondary N) is 1. The maximum Gasteiger partial charge on any atom is 0.264 e. The Kier molecular flexibility index (Phi) is 6.47. The third-order valence-corrected chi connectivity index (χ3v) is 6.54. The fraction of sp³-hybridized carbons (Fsp3) is 0.0952. The molecule has 0 saturated heterocycles. The van der Waals surface area contributed by atoms with Gasteiger partial charge in [-0.2, -0.15) is 0 Å². The molecule has 0 unspecified atom stereocenters. The van der Waals surface area contributed by atoms with Crippen molar-refractivity contribution in [2.45, 2.75) is 11.8 Å². The van der Waals surface area contributed by atoms with Gasteiger partial charge in [0.15, 0.2) is 0 Å². The Bertz CT molecular complexity index is 1140. The van der Waals surface area contributed by atoms with Crippen LogP contribution in [0.5, 0.6) is 0 Å². The van der Waals surface area contributed by atoms with Crippen molar-refractivity contribution >= 4 is 50.5 Å². The van der Waals surface area contributed by atoms with Gasteiger partial charge >= 0.3 is 0 Å². The number of aryl methyl sites for hydroxylation is 1. The van der Waals surface area contributed by atoms with Gasteiger partial charge in [-0.25, -0.2) is 8.42 Å². The zero-order chi connectivity index (χ0) is 21.0. The molecule has 0 bridgehead atoms. The molecule has 29 heavy (non-hydrogen) atoms. The Labute approximate surface area is 179 Å². The van der Waals surface area contributed by atoms with Gasteiger partial charge in [0.25, 0.3) is 10.0 Å². The van der Waals surface area contributed by atoms with E-state index in [0.717, 1.165) is 9.87 Å². The Morgan fingerprint density at radius 3 is 2.31 bits per heavy atom. The van der Waals surface area contributed by atoms with Crippen molar-refractivity contribution in [2.24, 2.45) is 0 Å². The van der Waals surface area contributed by atoms with Crippen LogP contribution in [0.15, 0.2) is 77.7 Å². The molecule has 0 heterocycles. The minimum atomic E-state index is -4.02. The van der Waals surface area contributed by atoms with Crippen LogP contribution >= 0.6 is 23.2 Å². The van der Waals surface area contributed by atoms with E-state index in [0.29, 0.717) is 10.7 Å². The molecule has 0 spiro atoms. The number of sulfonamides is 1. The number of carbonyl (C=O) groups excluding carboxylic acids is 1. The molecule has 0 aliphatic rings. The van der Waals surface area contributed by atoms with E-state index in [1.807, 2.05) is 6.92 Å². The van der Waals surface area contributed by atoms with Crippen LogP contribution in [0, 0.1) is 6.92 Å². The number of nitrogens with zero attached hydrogens (tertiary/aromatic N) is 1. The van der Waals surface area contributed by atoms with E-state index < -0.39 is 22.5 Å². The molecular formula is C21H18Cl2N2O3S. The highest BCUT2D eigenvalue weighted by Gasteiger charge is 2.28. The average molecular weight is 449 g/mol. The average Bonchev–Trinajstić information content (AvgIpc) is 2.70. The summed E-state index contributed by atoms with van der Waals surface area (Å²) in [6.45, 7) is 1.37. The zero-order valence-corrected chi connectivity index (χ0v) is 17.8. The minimum absolute atomic E-state index is 0.0617. The lowest BCUT2D eigenvalue weighted by atomic mass is 10.2. The van der Waals surface area contributed by atoms with Crippen LogP contribution < -0.4 is 9.62 Å². The summed E-state index contributed by atoms with van der Waals surface area (Å²) in [5.41, 5.74) is 1.53. The maximum absolute atomic E-state index is 13.3. The van der Waals surface area contributed by atoms with Crippen LogP contribution in [-0.2, 0) is 14.8 Å². The summed E-state index contributed by atoms with van der Waals surface area (Å²) >= 11 is 12.2. The Balaban J connectivity index is 1.97. The quantitative estimate of drug-likeness (QED) is 0.567. The van der Waals surface area contributed by atoms with Gasteiger partial charge in [-0.1, -0.05) is 59.6 Å². The summed E-state index contributed by atoms with van der Waals surface area (Å²) in [6, 6.07) is 19.5. The lowest BCUT2D eigenvalue weighted by molar-refractivity contribution is -0.114. The summed E-state index contributed by atoms with van der Waals surface area (Å²) in [5, 5.41) is 3.41. The first-order valence-electron chi connectivity index (χ1n) is 8.67. The van der Waals surface area contributed by atoms with Crippen molar-refractivity contribution in [2.75, 3.05) is 16.2 Å². The van der Waals surface area contributed by atoms with E-state index in [4.69, 9.17) is 23.2 Å². The lowest BCUT2D eigenvalue weighted by Gasteiger charge is -2.25. The summed E-state index contributed by atoms with van der Waals surface area (Å²) in [4.78, 5) is 12.8. The molecule has 3 aromatic rings. The van der Waals surface area contributed by atoms with Crippen molar-refractivity contribution in [1.29, 1.82) is 0 Å². The predicted molar refractivity (Wildman–Crippen MR) is 117 cm³/mol. The summed E-state index contributed by atoms with van der Waals surface area (Å²) < 4.78 is 27.5. The number of carbonyl (C=O) groups is 1. The highest BCUT2D eigenvalue weighted by atomic mass is 35.5. The van der Waals surface area contributed by atoms with Gasteiger partial charge in [0.1, 0.15) is 6.54 Å². The third-order valence-electron chi connectivity index (χ3n) is 4.21. The number of hydrogen-bond acceptors (Lipinski definition) is 3. The third kappa shape index (κ3) is 4.90. The van der Waals surface area contributed by atoms with Gasteiger partial charge in [0.2, 0.25) is 5.91 Å². The summed E-state index contributed by atoms with van der Waals surface area (Å²) in [7, 11) is -4.02. The highest BCUT2D eigenvalue weighted by Crippen LogP contribution is 2.30. The van der Waals surface area contributed by atoms with Crippen LogP contribution in [-0.4, -0.2) is 20.9 Å². The SMILES string of the molecule is Cc1ccc(Cl)cc1NC(=O)CN(c1ccccc1Cl)S(=O)(=O)c1ccccc1. The number of para-hydroxylation sites is 1. The van der Waals surface area contributed by atoms with Crippen LogP contribution in [0.2, 0.25) is 10.0 Å². The lowest BCUT2D eigenvalue weighted by Crippen LogP contribution is -2.38. The van der Waals surface area contributed by atoms with Crippen LogP contribution in [0.3, 0.4) is 0 Å². The molecule has 1 amide bonds. The smallest absolute Gasteiger partial charge is 0.264 e. The second kappa shape index (κ2) is 8.86. The van der Waals surface area contributed by atoms with Crippen LogP contribution in [0.4, 0.5) is 11.4 Å². The largest absolute Gasteiger partial charge is 0.324 e. The molecule has 8 heteroatoms. The molecule has 3 aromatic carbocycles. The molecule has 3 rings (SSSR count). The summed E-state index contributed by atoms with van der Waals surface area (Å²) in [5.74, 6) is -0.519. The maximum atomic E-state index is 13.3. The number of halogens is 2. The second-order valence-electron chi connectivity index (χ2n) is 6.28. The van der Waals surface area contributed by atoms with Crippen molar-refractivity contribution in [3.63, 3.8) is 0 Å². The van der Waals surface area contributed by atoms with Crippen molar-refractivity contribution in [3.8, 4) is 0 Å². The van der Waals surface area contributed by atoms with E-state index in [-0.39, 0.29) is 15.6 Å². The topological polar surface area (TPSA) is 66.5 Å². The molecular weight excluding hydrogens is 431 g/mol. The molecule has 0 aliphatic heterocycles. The first-order valence-corrected chi connectivity index (χ1v) is 10.9. The van der Waals surface area contributed by atoms with E-state index >= 15 is 0 Å². The van der Waals surface area contributed by atoms with E-state index in [2.05, 4.69) is 5.32 Å². The monoisotopic (exact) mass is 448 g/mol. The fourth-order valence-corrected chi connectivity index (χ4v) is 4.64. The highest BCUT2D eigenvalue weighted by molar-refractivity contribution is 7.92. The molecule has 0 aliphatic carbocycles. The first kappa shape index (κ1) is 21.2. The number of anilines is 2. The van der Waals surface area contributed by atoms with Gasteiger partial charge in [-0.15, -0.1) is 0 Å². The Morgan fingerprint density at radius 2 is 1.62 bits per heavy atom. The van der Waals surface area contributed by atoms with Gasteiger partial charge in [-0.05, 0) is 48.9 Å². The fourth-order valence-electron chi connectivity index (χ4n) is 2.72. The minimum Gasteiger partial charge on any atom is -0.324 e. The first-order chi connectivity index (χ1) is 13.8. The van der Waals surface area contributed by atoms with Gasteiger partial charge in [-0.3, -0.25) is 9.10 Å². The van der Waals surface area contributed by atoms with Gasteiger partial charge in [0.05, 0.1) is 15.6 Å². The molecule has 0 saturated carbocycles. The molecule has 0 atom stereocenters. The molecule has 0 radical (unpaired) electrons. The van der Waals surface area contributed by atoms with Crippen molar-refractivity contribution < 1.29 is 13.2 Å². The van der Waals surface area contributed by atoms with Crippen molar-refractivity contribution in [1.82, 2.24) is 0 Å². The van der Waals surface area contributed by atoms with E-state index in [1.54, 1.807) is 60.7 Å². The molecule has 150 valence electrons. The van der Waals surface area contributed by atoms with E-state index in [9.17, 15) is 13.2 Å². The zero-order valence-electron chi connectivity index (χ0n) is 15.5. The predicted octanol–water partition coefficient (Wildman–Crippen LogP) is 5.14. The number of rotatable bonds is 6. The van der Waals surface area contributed by atoms with E-state index in [1.165, 1.54) is 12.1 Å². The number of hydrogen-bond donors (Lipinski definition) is 1. The normalized spacial score (nSPS) is 11.1. The van der Waals surface area contributed by atoms with Gasteiger partial charge in [0, 0.05) is 10.7 Å². The van der Waals surface area contributed by atoms with Crippen LogP contribution in [0.25, 0.3) is 0 Å². The Hall–Kier alpha value is -2.54. The molecule has 5 nitrogen and oxygen atoms in total. The van der Waals surface area contributed by atoms with Gasteiger partial charge < -0.3 is 5.32 Å². The Morgan fingerprint density at radius 1 is 0.966 bits per heavy atom. The van der Waals surface area contributed by atoms with Crippen LogP contribution in [0.1, 0.15) is 5.56 Å². The standard InChI is InChI=1S/C21H18Cl2N2O3S/c1-15-11-12-16(22)13-19(15)24-21(26)14-25(20-10-6-5-9-18(20)23)29(27,28)17-7-3-2-4-8-17/h2-13H,14H2,1H3,(H,24,26). The number of amides is 1. The summed E-state index contributed by atoms with van der Waals surface area (Å²) in [6.07, 6.45) is 0. The second-order valence-corrected chi connectivity index (χ2v) is 8.99.